The molecule has 0 radical (unpaired) electrons. The molecule has 35 heavy (non-hydrogen) atoms. The summed E-state index contributed by atoms with van der Waals surface area (Å²) in [6, 6.07) is 7.85. The van der Waals surface area contributed by atoms with Gasteiger partial charge < -0.3 is 25.3 Å². The lowest BCUT2D eigenvalue weighted by Crippen LogP contribution is -2.23. The molecule has 0 unspecified atom stereocenters. The van der Waals surface area contributed by atoms with Gasteiger partial charge in [-0.15, -0.1) is 0 Å². The number of fused-ring (bicyclic) bond motifs is 2. The van der Waals surface area contributed by atoms with Crippen LogP contribution in [-0.4, -0.2) is 46.9 Å². The molecule has 180 valence electrons. The van der Waals surface area contributed by atoms with Crippen molar-refractivity contribution < 1.29 is 9.30 Å². The second-order valence-corrected chi connectivity index (χ2v) is 12.6. The summed E-state index contributed by atoms with van der Waals surface area (Å²) in [5.74, 6) is 1.66. The van der Waals surface area contributed by atoms with E-state index in [9.17, 15) is 4.57 Å². The van der Waals surface area contributed by atoms with Crippen LogP contribution < -0.4 is 26.0 Å². The molecule has 3 heterocycles. The summed E-state index contributed by atoms with van der Waals surface area (Å²) in [5.41, 5.74) is 5.27. The van der Waals surface area contributed by atoms with Gasteiger partial charge in [0.2, 0.25) is 5.95 Å². The molecule has 0 amide bonds. The zero-order valence-electron chi connectivity index (χ0n) is 19.6. The molecule has 2 aromatic heterocycles. The third-order valence-corrected chi connectivity index (χ3v) is 7.91. The number of hydrogen-bond donors (Lipinski definition) is 3. The second-order valence-electron chi connectivity index (χ2n) is 8.62. The molecule has 0 fully saturated rings. The molecule has 1 aliphatic rings. The van der Waals surface area contributed by atoms with E-state index in [4.69, 9.17) is 4.74 Å². The summed E-state index contributed by atoms with van der Waals surface area (Å²) in [6.45, 7) is 5.22. The summed E-state index contributed by atoms with van der Waals surface area (Å²) in [5, 5.41) is 10.6. The lowest BCUT2D eigenvalue weighted by atomic mass is 10.00. The van der Waals surface area contributed by atoms with Crippen LogP contribution in [0.15, 0.2) is 47.3 Å². The van der Waals surface area contributed by atoms with Gasteiger partial charge in [-0.05, 0) is 77.6 Å². The fraction of sp³-hybridized carbons (Fsp3) is 0.250. The first-order valence-corrected chi connectivity index (χ1v) is 14.5. The maximum Gasteiger partial charge on any atom is 0.229 e. The van der Waals surface area contributed by atoms with Gasteiger partial charge in [-0.2, -0.15) is 4.98 Å². The molecule has 0 aliphatic carbocycles. The third-order valence-electron chi connectivity index (χ3n) is 5.80. The highest BCUT2D eigenvalue weighted by Gasteiger charge is 2.22. The monoisotopic (exact) mass is 553 g/mol. The smallest absolute Gasteiger partial charge is 0.229 e. The van der Waals surface area contributed by atoms with E-state index in [1.54, 1.807) is 39.0 Å². The second kappa shape index (κ2) is 9.53. The van der Waals surface area contributed by atoms with Crippen LogP contribution >= 0.6 is 23.1 Å². The molecular formula is C24H25BrN7O2P. The topological polar surface area (TPSA) is 114 Å². The van der Waals surface area contributed by atoms with Gasteiger partial charge in [0.05, 0.1) is 33.8 Å². The van der Waals surface area contributed by atoms with Crippen molar-refractivity contribution in [3.8, 4) is 5.75 Å². The average molecular weight is 554 g/mol. The molecule has 11 heteroatoms. The Labute approximate surface area is 211 Å². The zero-order chi connectivity index (χ0) is 24.6. The van der Waals surface area contributed by atoms with E-state index < -0.39 is 7.14 Å². The van der Waals surface area contributed by atoms with Gasteiger partial charge in [0.1, 0.15) is 24.2 Å². The van der Waals surface area contributed by atoms with Crippen LogP contribution in [0.4, 0.5) is 23.1 Å². The van der Waals surface area contributed by atoms with Gasteiger partial charge in [0.25, 0.3) is 0 Å². The number of nitrogens with zero attached hydrogens (tertiary/aromatic N) is 4. The molecule has 4 aromatic rings. The van der Waals surface area contributed by atoms with Crippen LogP contribution in [0.3, 0.4) is 0 Å². The molecule has 2 aromatic carbocycles. The first kappa shape index (κ1) is 23.7. The summed E-state index contributed by atoms with van der Waals surface area (Å²) in [4.78, 5) is 17.9. The van der Waals surface area contributed by atoms with Crippen LogP contribution in [-0.2, 0) is 17.5 Å². The number of benzene rings is 2. The Morgan fingerprint density at radius 1 is 1.06 bits per heavy atom. The van der Waals surface area contributed by atoms with Gasteiger partial charge in [-0.25, -0.2) is 4.98 Å². The molecule has 0 spiro atoms. The highest BCUT2D eigenvalue weighted by atomic mass is 79.9. The van der Waals surface area contributed by atoms with E-state index >= 15 is 0 Å². The number of rotatable bonds is 6. The van der Waals surface area contributed by atoms with Crippen molar-refractivity contribution in [2.24, 2.45) is 0 Å². The van der Waals surface area contributed by atoms with Gasteiger partial charge in [-0.3, -0.25) is 9.97 Å². The molecule has 0 bridgehead atoms. The Morgan fingerprint density at radius 3 is 2.69 bits per heavy atom. The van der Waals surface area contributed by atoms with Gasteiger partial charge in [0, 0.05) is 25.1 Å². The van der Waals surface area contributed by atoms with E-state index in [0.29, 0.717) is 38.3 Å². The Bertz CT molecular complexity index is 1470. The highest BCUT2D eigenvalue weighted by Crippen LogP contribution is 2.41. The predicted octanol–water partition coefficient (Wildman–Crippen LogP) is 4.57. The van der Waals surface area contributed by atoms with Crippen molar-refractivity contribution >= 4 is 62.6 Å². The first-order chi connectivity index (χ1) is 16.8. The Balaban J connectivity index is 1.51. The number of methoxy groups -OCH3 is 1. The van der Waals surface area contributed by atoms with E-state index in [2.05, 4.69) is 57.9 Å². The van der Waals surface area contributed by atoms with Gasteiger partial charge >= 0.3 is 0 Å². The van der Waals surface area contributed by atoms with Crippen LogP contribution in [0.25, 0.3) is 11.0 Å². The van der Waals surface area contributed by atoms with Crippen molar-refractivity contribution in [1.29, 1.82) is 0 Å². The number of halogens is 1. The molecule has 0 saturated heterocycles. The quantitative estimate of drug-likeness (QED) is 0.295. The maximum absolute atomic E-state index is 13.2. The Kier molecular flexibility index (Phi) is 6.44. The first-order valence-electron chi connectivity index (χ1n) is 11.1. The average Bonchev–Trinajstić information content (AvgIpc) is 2.84. The van der Waals surface area contributed by atoms with Crippen molar-refractivity contribution in [3.63, 3.8) is 0 Å². The van der Waals surface area contributed by atoms with Crippen LogP contribution in [0, 0.1) is 0 Å². The van der Waals surface area contributed by atoms with Crippen molar-refractivity contribution in [2.75, 3.05) is 37.6 Å². The normalized spacial score (nSPS) is 13.4. The summed E-state index contributed by atoms with van der Waals surface area (Å²) >= 11 is 3.53. The largest absolute Gasteiger partial charge is 0.495 e. The number of ether oxygens (including phenoxy) is 1. The Hall–Kier alpha value is -3.07. The highest BCUT2D eigenvalue weighted by molar-refractivity contribution is 9.10. The predicted molar refractivity (Wildman–Crippen MR) is 143 cm³/mol. The minimum absolute atomic E-state index is 0.404. The molecule has 0 atom stereocenters. The third kappa shape index (κ3) is 4.87. The lowest BCUT2D eigenvalue weighted by Gasteiger charge is -2.21. The minimum Gasteiger partial charge on any atom is -0.495 e. The van der Waals surface area contributed by atoms with Crippen LogP contribution in [0.1, 0.15) is 11.1 Å². The minimum atomic E-state index is -2.70. The maximum atomic E-state index is 13.2. The molecule has 1 aliphatic heterocycles. The zero-order valence-corrected chi connectivity index (χ0v) is 22.1. The summed E-state index contributed by atoms with van der Waals surface area (Å²) < 4.78 is 19.5. The lowest BCUT2D eigenvalue weighted by molar-refractivity contribution is 0.415. The SMILES string of the molecule is COc1cc2c(cc1Nc1ncc(Br)c(Nc3ccc4nccnc4c3P(C)(C)=O)n1)CCNC2. The van der Waals surface area contributed by atoms with Crippen molar-refractivity contribution in [1.82, 2.24) is 25.3 Å². The number of aromatic nitrogens is 4. The number of hydrogen-bond acceptors (Lipinski definition) is 9. The van der Waals surface area contributed by atoms with E-state index in [0.717, 1.165) is 30.9 Å². The fourth-order valence-corrected chi connectivity index (χ4v) is 5.89. The van der Waals surface area contributed by atoms with Crippen molar-refractivity contribution in [2.45, 2.75) is 13.0 Å². The van der Waals surface area contributed by atoms with E-state index in [-0.39, 0.29) is 0 Å². The van der Waals surface area contributed by atoms with Crippen LogP contribution in [0.5, 0.6) is 5.75 Å². The fourth-order valence-electron chi connectivity index (χ4n) is 4.21. The van der Waals surface area contributed by atoms with Gasteiger partial charge in [-0.1, -0.05) is 0 Å². The molecular weight excluding hydrogens is 529 g/mol. The molecule has 9 nitrogen and oxygen atoms in total. The van der Waals surface area contributed by atoms with E-state index in [1.165, 1.54) is 11.1 Å². The molecule has 3 N–H and O–H groups in total. The number of anilines is 4. The summed E-state index contributed by atoms with van der Waals surface area (Å²) in [7, 11) is -1.05. The van der Waals surface area contributed by atoms with E-state index in [1.807, 2.05) is 18.2 Å². The molecule has 5 rings (SSSR count). The van der Waals surface area contributed by atoms with Crippen molar-refractivity contribution in [3.05, 3.63) is 58.5 Å². The van der Waals surface area contributed by atoms with Gasteiger partial charge in [0.15, 0.2) is 0 Å². The number of nitrogens with one attached hydrogen (secondary N) is 3. The molecule has 0 saturated carbocycles. The Morgan fingerprint density at radius 2 is 1.89 bits per heavy atom. The standard InChI is InChI=1S/C24H25BrN7O2P/c1-34-20-11-15-12-26-7-6-14(15)10-19(20)31-24-29-13-16(25)23(32-24)30-18-5-4-17-21(28-9-8-27-17)22(18)35(2,3)33/h4-5,8-11,13,26H,6-7,12H2,1-3H3,(H2,29,30,31,32). The summed E-state index contributed by atoms with van der Waals surface area (Å²) in [6.07, 6.45) is 5.85. The van der Waals surface area contributed by atoms with Crippen LogP contribution in [0.2, 0.25) is 0 Å².